The molecule has 0 aliphatic rings. The van der Waals surface area contributed by atoms with Crippen molar-refractivity contribution in [1.82, 2.24) is 0 Å². The molecular formula is C52H33NS2. The van der Waals surface area contributed by atoms with E-state index in [-0.39, 0.29) is 0 Å². The highest BCUT2D eigenvalue weighted by Crippen LogP contribution is 2.43. The van der Waals surface area contributed by atoms with Gasteiger partial charge in [-0.2, -0.15) is 0 Å². The molecule has 0 aliphatic heterocycles. The second-order valence-corrected chi connectivity index (χ2v) is 16.3. The number of benzene rings is 9. The summed E-state index contributed by atoms with van der Waals surface area (Å²) in [4.78, 5) is 2.39. The van der Waals surface area contributed by atoms with E-state index in [1.165, 1.54) is 84.5 Å². The number of anilines is 3. The Morgan fingerprint density at radius 3 is 1.62 bits per heavy atom. The van der Waals surface area contributed by atoms with Gasteiger partial charge in [0.1, 0.15) is 0 Å². The number of hydrogen-bond donors (Lipinski definition) is 0. The van der Waals surface area contributed by atoms with E-state index in [9.17, 15) is 0 Å². The molecular weight excluding hydrogens is 703 g/mol. The van der Waals surface area contributed by atoms with Gasteiger partial charge in [0, 0.05) is 57.4 Å². The van der Waals surface area contributed by atoms with E-state index in [1.807, 2.05) is 22.7 Å². The van der Waals surface area contributed by atoms with Crippen molar-refractivity contribution in [3.05, 3.63) is 200 Å². The van der Waals surface area contributed by atoms with Crippen LogP contribution in [0.5, 0.6) is 0 Å². The highest BCUT2D eigenvalue weighted by atomic mass is 32.1. The fraction of sp³-hybridized carbons (Fsp3) is 0. The molecule has 55 heavy (non-hydrogen) atoms. The van der Waals surface area contributed by atoms with Gasteiger partial charge in [-0.15, -0.1) is 22.7 Å². The zero-order valence-electron chi connectivity index (χ0n) is 29.8. The minimum absolute atomic E-state index is 1.12. The maximum Gasteiger partial charge on any atom is 0.0476 e. The molecule has 258 valence electrons. The van der Waals surface area contributed by atoms with Crippen molar-refractivity contribution in [2.24, 2.45) is 0 Å². The van der Waals surface area contributed by atoms with E-state index < -0.39 is 0 Å². The molecule has 11 rings (SSSR count). The van der Waals surface area contributed by atoms with Crippen LogP contribution in [0.1, 0.15) is 0 Å². The highest BCUT2D eigenvalue weighted by molar-refractivity contribution is 7.26. The van der Waals surface area contributed by atoms with Gasteiger partial charge in [0.05, 0.1) is 0 Å². The van der Waals surface area contributed by atoms with Gasteiger partial charge in [-0.25, -0.2) is 0 Å². The van der Waals surface area contributed by atoms with Crippen LogP contribution in [-0.2, 0) is 0 Å². The van der Waals surface area contributed by atoms with Gasteiger partial charge in [0.2, 0.25) is 0 Å². The van der Waals surface area contributed by atoms with Crippen LogP contribution in [0.3, 0.4) is 0 Å². The van der Waals surface area contributed by atoms with Gasteiger partial charge in [-0.05, 0) is 105 Å². The third kappa shape index (κ3) is 5.60. The van der Waals surface area contributed by atoms with E-state index in [1.54, 1.807) is 0 Å². The summed E-state index contributed by atoms with van der Waals surface area (Å²) >= 11 is 3.74. The van der Waals surface area contributed by atoms with Crippen LogP contribution >= 0.6 is 22.7 Å². The molecule has 11 aromatic rings. The van der Waals surface area contributed by atoms with E-state index in [4.69, 9.17) is 0 Å². The normalized spacial score (nSPS) is 11.6. The lowest BCUT2D eigenvalue weighted by Gasteiger charge is -2.26. The Morgan fingerprint density at radius 1 is 0.291 bits per heavy atom. The largest absolute Gasteiger partial charge is 0.310 e. The van der Waals surface area contributed by atoms with Crippen LogP contribution in [0.4, 0.5) is 17.1 Å². The lowest BCUT2D eigenvalue weighted by atomic mass is 9.97. The minimum atomic E-state index is 1.12. The van der Waals surface area contributed by atoms with Crippen LogP contribution in [0.15, 0.2) is 200 Å². The smallest absolute Gasteiger partial charge is 0.0476 e. The molecule has 0 fully saturated rings. The van der Waals surface area contributed by atoms with Gasteiger partial charge in [0.25, 0.3) is 0 Å². The Kier molecular flexibility index (Phi) is 7.61. The molecule has 0 unspecified atom stereocenters. The lowest BCUT2D eigenvalue weighted by Crippen LogP contribution is -2.09. The second kappa shape index (κ2) is 13.1. The quantitative estimate of drug-likeness (QED) is 0.164. The Morgan fingerprint density at radius 2 is 0.836 bits per heavy atom. The van der Waals surface area contributed by atoms with Crippen molar-refractivity contribution < 1.29 is 0 Å². The number of fused-ring (bicyclic) bond motifs is 7. The van der Waals surface area contributed by atoms with E-state index >= 15 is 0 Å². The summed E-state index contributed by atoms with van der Waals surface area (Å²) in [5, 5.41) is 7.79. The summed E-state index contributed by atoms with van der Waals surface area (Å²) in [6.45, 7) is 0. The molecule has 0 amide bonds. The summed E-state index contributed by atoms with van der Waals surface area (Å²) in [7, 11) is 0. The molecule has 0 spiro atoms. The predicted octanol–water partition coefficient (Wildman–Crippen LogP) is 16.0. The molecule has 0 saturated heterocycles. The number of hydrogen-bond acceptors (Lipinski definition) is 3. The number of nitrogens with zero attached hydrogens (tertiary/aromatic N) is 1. The molecule has 3 heteroatoms. The molecule has 2 heterocycles. The fourth-order valence-corrected chi connectivity index (χ4v) is 10.5. The third-order valence-corrected chi connectivity index (χ3v) is 13.2. The van der Waals surface area contributed by atoms with Gasteiger partial charge in [-0.1, -0.05) is 140 Å². The van der Waals surface area contributed by atoms with Crippen LogP contribution in [-0.4, -0.2) is 0 Å². The molecule has 0 aliphatic carbocycles. The van der Waals surface area contributed by atoms with Crippen molar-refractivity contribution >= 4 is 90.9 Å². The summed E-state index contributed by atoms with van der Waals surface area (Å²) in [6.07, 6.45) is 0. The van der Waals surface area contributed by atoms with Gasteiger partial charge in [-0.3, -0.25) is 0 Å². The number of rotatable bonds is 6. The molecule has 1 nitrogen and oxygen atoms in total. The highest BCUT2D eigenvalue weighted by Gasteiger charge is 2.17. The molecule has 0 saturated carbocycles. The molecule has 0 N–H and O–H groups in total. The van der Waals surface area contributed by atoms with Crippen molar-refractivity contribution in [3.8, 4) is 33.4 Å². The van der Waals surface area contributed by atoms with Crippen LogP contribution < -0.4 is 4.90 Å². The zero-order chi connectivity index (χ0) is 36.3. The lowest BCUT2D eigenvalue weighted by molar-refractivity contribution is 1.29. The summed E-state index contributed by atoms with van der Waals surface area (Å²) in [5.41, 5.74) is 10.7. The van der Waals surface area contributed by atoms with E-state index in [2.05, 4.69) is 205 Å². The SMILES string of the molecule is c1cc(-c2ccc(N(c3ccc(-c4cccc5c4sc4ccccc45)cc3)c3ccc4c(c3)sc3ccccc34)cc2)cc(-c2ccc3ccccc3c2)c1. The number of thiophene rings is 2. The van der Waals surface area contributed by atoms with Crippen molar-refractivity contribution in [2.45, 2.75) is 0 Å². The Labute approximate surface area is 327 Å². The van der Waals surface area contributed by atoms with E-state index in [0.717, 1.165) is 17.1 Å². The van der Waals surface area contributed by atoms with Crippen LogP contribution in [0, 0.1) is 0 Å². The second-order valence-electron chi connectivity index (χ2n) is 14.1. The first-order valence-electron chi connectivity index (χ1n) is 18.7. The molecule has 0 radical (unpaired) electrons. The average Bonchev–Trinajstić information content (AvgIpc) is 3.82. The Bertz CT molecular complexity index is 3200. The fourth-order valence-electron chi connectivity index (χ4n) is 8.12. The maximum absolute atomic E-state index is 2.39. The molecule has 2 aromatic heterocycles. The third-order valence-electron chi connectivity index (χ3n) is 10.9. The summed E-state index contributed by atoms with van der Waals surface area (Å²) < 4.78 is 5.27. The van der Waals surface area contributed by atoms with Crippen molar-refractivity contribution in [2.75, 3.05) is 4.90 Å². The van der Waals surface area contributed by atoms with Gasteiger partial charge in [0.15, 0.2) is 0 Å². The topological polar surface area (TPSA) is 3.24 Å². The van der Waals surface area contributed by atoms with Crippen LogP contribution in [0.25, 0.3) is 84.5 Å². The Balaban J connectivity index is 0.987. The zero-order valence-corrected chi connectivity index (χ0v) is 31.4. The molecule has 9 aromatic carbocycles. The monoisotopic (exact) mass is 735 g/mol. The Hall–Kier alpha value is -6.52. The van der Waals surface area contributed by atoms with E-state index in [0.29, 0.717) is 0 Å². The van der Waals surface area contributed by atoms with Gasteiger partial charge < -0.3 is 4.90 Å². The maximum atomic E-state index is 2.39. The molecule has 0 bridgehead atoms. The summed E-state index contributed by atoms with van der Waals surface area (Å²) in [5.74, 6) is 0. The van der Waals surface area contributed by atoms with Crippen molar-refractivity contribution in [1.29, 1.82) is 0 Å². The predicted molar refractivity (Wildman–Crippen MR) is 241 cm³/mol. The first kappa shape index (κ1) is 32.0. The summed E-state index contributed by atoms with van der Waals surface area (Å²) in [6, 6.07) is 73.4. The van der Waals surface area contributed by atoms with Gasteiger partial charge >= 0.3 is 0 Å². The van der Waals surface area contributed by atoms with Crippen LogP contribution in [0.2, 0.25) is 0 Å². The van der Waals surface area contributed by atoms with Crippen molar-refractivity contribution in [3.63, 3.8) is 0 Å². The first-order chi connectivity index (χ1) is 27.2. The first-order valence-corrected chi connectivity index (χ1v) is 20.3. The average molecular weight is 736 g/mol. The standard InChI is InChI=1S/C52H33NS2/c1-2-10-37-32-40(20-19-34(37)9-1)39-12-7-11-38(31-39)35-21-25-41(26-22-35)53(43-29-30-47-45-13-3-5-17-49(45)54-51(47)33-43)42-27-23-36(24-28-42)44-15-8-16-48-46-14-4-6-18-50(46)55-52(44)48/h1-33H. The minimum Gasteiger partial charge on any atom is -0.310 e. The molecule has 0 atom stereocenters.